The SMILES string of the molecule is CC(C)(C)OC(=O)NCCCCC(=O)N1CCC2=C(Cc3ccccc32)C1c1ccc(Cl)cc1. The molecule has 1 unspecified atom stereocenters. The van der Waals surface area contributed by atoms with Gasteiger partial charge in [0.05, 0.1) is 6.04 Å². The number of nitrogens with zero attached hydrogens (tertiary/aromatic N) is 1. The van der Waals surface area contributed by atoms with Crippen LogP contribution in [-0.2, 0) is 16.0 Å². The maximum atomic E-state index is 13.4. The molecular formula is C28H33ClN2O3. The summed E-state index contributed by atoms with van der Waals surface area (Å²) in [5.74, 6) is 0.153. The quantitative estimate of drug-likeness (QED) is 0.492. The number of ether oxygens (including phenoxy) is 1. The Bertz CT molecular complexity index is 1090. The van der Waals surface area contributed by atoms with Crippen LogP contribution in [0.1, 0.15) is 69.2 Å². The van der Waals surface area contributed by atoms with Crippen LogP contribution in [0.2, 0.25) is 5.02 Å². The van der Waals surface area contributed by atoms with Crippen molar-refractivity contribution >= 4 is 29.2 Å². The van der Waals surface area contributed by atoms with E-state index >= 15 is 0 Å². The first-order chi connectivity index (χ1) is 16.2. The monoisotopic (exact) mass is 480 g/mol. The molecule has 1 heterocycles. The highest BCUT2D eigenvalue weighted by Gasteiger charge is 2.37. The standard InChI is InChI=1S/C28H33ClN2O3/c1-28(2,3)34-27(33)30-16-7-6-10-25(32)31-17-15-23-22-9-5-4-8-20(22)18-24(23)26(31)19-11-13-21(29)14-12-19/h4-5,8-9,11-14,26H,6-7,10,15-18H2,1-3H3,(H,30,33). The highest BCUT2D eigenvalue weighted by Crippen LogP contribution is 2.46. The van der Waals surface area contributed by atoms with Crippen LogP contribution in [0.5, 0.6) is 0 Å². The van der Waals surface area contributed by atoms with Gasteiger partial charge in [-0.1, -0.05) is 48.0 Å². The summed E-state index contributed by atoms with van der Waals surface area (Å²) in [4.78, 5) is 27.2. The van der Waals surface area contributed by atoms with Crippen molar-refractivity contribution in [3.8, 4) is 0 Å². The maximum Gasteiger partial charge on any atom is 0.407 e. The Morgan fingerprint density at radius 3 is 2.56 bits per heavy atom. The molecule has 0 spiro atoms. The first kappa shape index (κ1) is 24.3. The average Bonchev–Trinajstić information content (AvgIpc) is 3.16. The van der Waals surface area contributed by atoms with E-state index in [0.29, 0.717) is 31.0 Å². The molecule has 2 aliphatic rings. The van der Waals surface area contributed by atoms with E-state index in [-0.39, 0.29) is 11.9 Å². The number of fused-ring (bicyclic) bond motifs is 2. The summed E-state index contributed by atoms with van der Waals surface area (Å²) in [6, 6.07) is 16.4. The molecule has 2 aromatic rings. The number of carbonyl (C=O) groups excluding carboxylic acids is 2. The van der Waals surface area contributed by atoms with Crippen LogP contribution in [0.15, 0.2) is 54.1 Å². The van der Waals surface area contributed by atoms with E-state index in [4.69, 9.17) is 16.3 Å². The van der Waals surface area contributed by atoms with Crippen molar-refractivity contribution in [3.63, 3.8) is 0 Å². The summed E-state index contributed by atoms with van der Waals surface area (Å²) in [5.41, 5.74) is 5.98. The fourth-order valence-corrected chi connectivity index (χ4v) is 5.03. The molecule has 34 heavy (non-hydrogen) atoms. The lowest BCUT2D eigenvalue weighted by molar-refractivity contribution is -0.133. The molecule has 180 valence electrons. The number of alkyl carbamates (subject to hydrolysis) is 1. The number of hydrogen-bond donors (Lipinski definition) is 1. The van der Waals surface area contributed by atoms with E-state index in [2.05, 4.69) is 29.6 Å². The minimum absolute atomic E-state index is 0.0687. The number of carbonyl (C=O) groups is 2. The number of nitrogens with one attached hydrogen (secondary N) is 1. The van der Waals surface area contributed by atoms with Gasteiger partial charge in [0.15, 0.2) is 0 Å². The van der Waals surface area contributed by atoms with Gasteiger partial charge in [0.2, 0.25) is 5.91 Å². The van der Waals surface area contributed by atoms with Gasteiger partial charge in [0.25, 0.3) is 0 Å². The van der Waals surface area contributed by atoms with E-state index in [1.807, 2.05) is 49.9 Å². The molecule has 1 aliphatic heterocycles. The van der Waals surface area contributed by atoms with Gasteiger partial charge in [-0.15, -0.1) is 0 Å². The van der Waals surface area contributed by atoms with E-state index in [9.17, 15) is 9.59 Å². The highest BCUT2D eigenvalue weighted by atomic mass is 35.5. The summed E-state index contributed by atoms with van der Waals surface area (Å²) in [6.07, 6.45) is 3.23. The molecule has 5 nitrogen and oxygen atoms in total. The van der Waals surface area contributed by atoms with Crippen molar-refractivity contribution in [3.05, 3.63) is 75.8 Å². The van der Waals surface area contributed by atoms with Gasteiger partial charge in [-0.25, -0.2) is 4.79 Å². The van der Waals surface area contributed by atoms with Crippen LogP contribution in [0.4, 0.5) is 4.79 Å². The molecule has 0 radical (unpaired) electrons. The average molecular weight is 481 g/mol. The third kappa shape index (κ3) is 5.64. The summed E-state index contributed by atoms with van der Waals surface area (Å²) in [7, 11) is 0. The normalized spacial score (nSPS) is 17.3. The van der Waals surface area contributed by atoms with Crippen molar-refractivity contribution in [1.29, 1.82) is 0 Å². The van der Waals surface area contributed by atoms with Gasteiger partial charge in [-0.05, 0) is 86.4 Å². The third-order valence-electron chi connectivity index (χ3n) is 6.35. The van der Waals surface area contributed by atoms with Gasteiger partial charge >= 0.3 is 6.09 Å². The second-order valence-electron chi connectivity index (χ2n) is 10.0. The van der Waals surface area contributed by atoms with Gasteiger partial charge < -0.3 is 15.0 Å². The van der Waals surface area contributed by atoms with Crippen molar-refractivity contribution in [2.24, 2.45) is 0 Å². The van der Waals surface area contributed by atoms with E-state index in [0.717, 1.165) is 24.8 Å². The molecule has 0 saturated carbocycles. The molecule has 0 saturated heterocycles. The number of amides is 2. The molecular weight excluding hydrogens is 448 g/mol. The van der Waals surface area contributed by atoms with Crippen LogP contribution >= 0.6 is 11.6 Å². The first-order valence-corrected chi connectivity index (χ1v) is 12.4. The first-order valence-electron chi connectivity index (χ1n) is 12.0. The molecule has 6 heteroatoms. The minimum Gasteiger partial charge on any atom is -0.444 e. The number of hydrogen-bond acceptors (Lipinski definition) is 3. The van der Waals surface area contributed by atoms with Crippen molar-refractivity contribution in [2.45, 2.75) is 64.5 Å². The van der Waals surface area contributed by atoms with Gasteiger partial charge in [-0.3, -0.25) is 4.79 Å². The van der Waals surface area contributed by atoms with Crippen LogP contribution in [0.3, 0.4) is 0 Å². The zero-order valence-electron chi connectivity index (χ0n) is 20.2. The summed E-state index contributed by atoms with van der Waals surface area (Å²) in [6.45, 7) is 6.71. The smallest absolute Gasteiger partial charge is 0.407 e. The molecule has 1 N–H and O–H groups in total. The number of halogens is 1. The molecule has 0 fully saturated rings. The Morgan fingerprint density at radius 2 is 1.82 bits per heavy atom. The largest absolute Gasteiger partial charge is 0.444 e. The van der Waals surface area contributed by atoms with Crippen LogP contribution in [0, 0.1) is 0 Å². The fraction of sp³-hybridized carbons (Fsp3) is 0.429. The fourth-order valence-electron chi connectivity index (χ4n) is 4.90. The van der Waals surface area contributed by atoms with Crippen molar-refractivity contribution < 1.29 is 14.3 Å². The van der Waals surface area contributed by atoms with E-state index in [1.165, 1.54) is 22.3 Å². The zero-order chi connectivity index (χ0) is 24.3. The van der Waals surface area contributed by atoms with Crippen molar-refractivity contribution in [1.82, 2.24) is 10.2 Å². The minimum atomic E-state index is -0.515. The predicted molar refractivity (Wildman–Crippen MR) is 136 cm³/mol. The molecule has 2 amide bonds. The molecule has 0 aromatic heterocycles. The topological polar surface area (TPSA) is 58.6 Å². The summed E-state index contributed by atoms with van der Waals surface area (Å²) in [5, 5.41) is 3.46. The lowest BCUT2D eigenvalue weighted by Crippen LogP contribution is -2.39. The Morgan fingerprint density at radius 1 is 1.09 bits per heavy atom. The van der Waals surface area contributed by atoms with Crippen LogP contribution < -0.4 is 5.32 Å². The van der Waals surface area contributed by atoms with E-state index in [1.54, 1.807) is 0 Å². The maximum absolute atomic E-state index is 13.4. The Labute approximate surface area is 207 Å². The predicted octanol–water partition coefficient (Wildman–Crippen LogP) is 6.32. The third-order valence-corrected chi connectivity index (χ3v) is 6.60. The van der Waals surface area contributed by atoms with Gasteiger partial charge in [-0.2, -0.15) is 0 Å². The van der Waals surface area contributed by atoms with E-state index < -0.39 is 11.7 Å². The van der Waals surface area contributed by atoms with Gasteiger partial charge in [0.1, 0.15) is 5.60 Å². The Balaban J connectivity index is 1.42. The zero-order valence-corrected chi connectivity index (χ0v) is 21.0. The van der Waals surface area contributed by atoms with Crippen LogP contribution in [0.25, 0.3) is 5.57 Å². The number of unbranched alkanes of at least 4 members (excludes halogenated alkanes) is 1. The molecule has 4 rings (SSSR count). The molecule has 1 aliphatic carbocycles. The molecule has 0 bridgehead atoms. The van der Waals surface area contributed by atoms with Crippen molar-refractivity contribution in [2.75, 3.05) is 13.1 Å². The lowest BCUT2D eigenvalue weighted by Gasteiger charge is -2.38. The Kier molecular flexibility index (Phi) is 7.32. The second kappa shape index (κ2) is 10.2. The molecule has 1 atom stereocenters. The second-order valence-corrected chi connectivity index (χ2v) is 10.5. The summed E-state index contributed by atoms with van der Waals surface area (Å²) >= 11 is 6.16. The number of rotatable bonds is 6. The highest BCUT2D eigenvalue weighted by molar-refractivity contribution is 6.30. The number of benzene rings is 2. The van der Waals surface area contributed by atoms with Gasteiger partial charge in [0, 0.05) is 24.5 Å². The van der Waals surface area contributed by atoms with Crippen LogP contribution in [-0.4, -0.2) is 35.6 Å². The summed E-state index contributed by atoms with van der Waals surface area (Å²) < 4.78 is 5.26. The molecule has 2 aromatic carbocycles. The lowest BCUT2D eigenvalue weighted by atomic mass is 9.88. The Hall–Kier alpha value is -2.79.